The van der Waals surface area contributed by atoms with E-state index in [1.165, 1.54) is 11.3 Å². The Morgan fingerprint density at radius 3 is 2.64 bits per heavy atom. The number of carbonyl (C=O) groups is 1. The highest BCUT2D eigenvalue weighted by atomic mass is 127. The summed E-state index contributed by atoms with van der Waals surface area (Å²) in [6, 6.07) is 13.1. The number of aromatic nitrogens is 1. The number of hydrogen-bond acceptors (Lipinski definition) is 4. The summed E-state index contributed by atoms with van der Waals surface area (Å²) in [4.78, 5) is 24.1. The fraction of sp³-hybridized carbons (Fsp3) is 0.222. The average Bonchev–Trinajstić information content (AvgIpc) is 2.89. The SMILES string of the molecule is CC(C)n1c(=O)sc2cc(NC(=O)COc3ccc(I)cc3)ccc21. The third-order valence-electron chi connectivity index (χ3n) is 3.60. The van der Waals surface area contributed by atoms with Gasteiger partial charge < -0.3 is 10.1 Å². The van der Waals surface area contributed by atoms with Crippen LogP contribution in [0.25, 0.3) is 10.2 Å². The summed E-state index contributed by atoms with van der Waals surface area (Å²) in [5.74, 6) is 0.409. The summed E-state index contributed by atoms with van der Waals surface area (Å²) in [5, 5.41) is 2.80. The highest BCUT2D eigenvalue weighted by Gasteiger charge is 2.11. The number of thiazole rings is 1. The first kappa shape index (κ1) is 17.9. The van der Waals surface area contributed by atoms with Crippen LogP contribution in [0.2, 0.25) is 0 Å². The quantitative estimate of drug-likeness (QED) is 0.570. The average molecular weight is 468 g/mol. The van der Waals surface area contributed by atoms with Gasteiger partial charge in [0.2, 0.25) is 0 Å². The maximum Gasteiger partial charge on any atom is 0.308 e. The summed E-state index contributed by atoms with van der Waals surface area (Å²) < 4.78 is 9.19. The van der Waals surface area contributed by atoms with Gasteiger partial charge in [0.25, 0.3) is 5.91 Å². The van der Waals surface area contributed by atoms with Gasteiger partial charge in [-0.2, -0.15) is 0 Å². The zero-order valence-electron chi connectivity index (χ0n) is 13.8. The summed E-state index contributed by atoms with van der Waals surface area (Å²) in [5.41, 5.74) is 1.54. The standard InChI is InChI=1S/C18H17IN2O3S/c1-11(2)21-15-8-5-13(9-16(15)25-18(21)23)20-17(22)10-24-14-6-3-12(19)4-7-14/h3-9,11H,10H2,1-2H3,(H,20,22). The molecule has 0 radical (unpaired) electrons. The molecule has 0 saturated carbocycles. The molecule has 25 heavy (non-hydrogen) atoms. The van der Waals surface area contributed by atoms with E-state index >= 15 is 0 Å². The van der Waals surface area contributed by atoms with E-state index in [9.17, 15) is 9.59 Å². The van der Waals surface area contributed by atoms with Crippen molar-refractivity contribution in [1.29, 1.82) is 0 Å². The maximum atomic E-state index is 12.1. The van der Waals surface area contributed by atoms with Crippen molar-refractivity contribution < 1.29 is 9.53 Å². The van der Waals surface area contributed by atoms with Gasteiger partial charge in [-0.25, -0.2) is 0 Å². The number of nitrogens with zero attached hydrogens (tertiary/aromatic N) is 1. The van der Waals surface area contributed by atoms with E-state index in [1.54, 1.807) is 10.6 Å². The lowest BCUT2D eigenvalue weighted by molar-refractivity contribution is -0.118. The molecule has 3 rings (SSSR count). The first-order chi connectivity index (χ1) is 11.9. The molecule has 1 N–H and O–H groups in total. The van der Waals surface area contributed by atoms with Crippen LogP contribution in [0.3, 0.4) is 0 Å². The van der Waals surface area contributed by atoms with Gasteiger partial charge >= 0.3 is 4.87 Å². The summed E-state index contributed by atoms with van der Waals surface area (Å²) in [6.45, 7) is 3.89. The largest absolute Gasteiger partial charge is 0.484 e. The lowest BCUT2D eigenvalue weighted by Crippen LogP contribution is -2.20. The zero-order valence-corrected chi connectivity index (χ0v) is 16.8. The van der Waals surface area contributed by atoms with Crippen LogP contribution < -0.4 is 14.9 Å². The number of anilines is 1. The fourth-order valence-electron chi connectivity index (χ4n) is 2.48. The number of carbonyl (C=O) groups excluding carboxylic acids is 1. The molecule has 0 atom stereocenters. The lowest BCUT2D eigenvalue weighted by Gasteiger charge is -2.09. The number of nitrogens with one attached hydrogen (secondary N) is 1. The van der Waals surface area contributed by atoms with E-state index in [-0.39, 0.29) is 23.4 Å². The monoisotopic (exact) mass is 468 g/mol. The van der Waals surface area contributed by atoms with Gasteiger partial charge in [0.1, 0.15) is 5.75 Å². The molecule has 7 heteroatoms. The first-order valence-corrected chi connectivity index (χ1v) is 9.67. The molecular formula is C18H17IN2O3S. The molecule has 0 unspecified atom stereocenters. The van der Waals surface area contributed by atoms with Gasteiger partial charge in [0.15, 0.2) is 6.61 Å². The second-order valence-electron chi connectivity index (χ2n) is 5.80. The highest BCUT2D eigenvalue weighted by molar-refractivity contribution is 14.1. The highest BCUT2D eigenvalue weighted by Crippen LogP contribution is 2.24. The second-order valence-corrected chi connectivity index (χ2v) is 8.04. The van der Waals surface area contributed by atoms with E-state index in [2.05, 4.69) is 27.9 Å². The molecule has 1 aromatic heterocycles. The predicted octanol–water partition coefficient (Wildman–Crippen LogP) is 4.27. The number of hydrogen-bond donors (Lipinski definition) is 1. The Labute approximate surface area is 162 Å². The van der Waals surface area contributed by atoms with Crippen LogP contribution in [0, 0.1) is 3.57 Å². The summed E-state index contributed by atoms with van der Waals surface area (Å²) in [7, 11) is 0. The van der Waals surface area contributed by atoms with Crippen molar-refractivity contribution in [2.45, 2.75) is 19.9 Å². The molecule has 0 fully saturated rings. The molecule has 0 bridgehead atoms. The smallest absolute Gasteiger partial charge is 0.308 e. The number of ether oxygens (including phenoxy) is 1. The van der Waals surface area contributed by atoms with E-state index in [1.807, 2.05) is 50.2 Å². The van der Waals surface area contributed by atoms with Gasteiger partial charge in [-0.15, -0.1) is 0 Å². The van der Waals surface area contributed by atoms with Gasteiger partial charge in [0.05, 0.1) is 10.2 Å². The Morgan fingerprint density at radius 2 is 1.96 bits per heavy atom. The first-order valence-electron chi connectivity index (χ1n) is 7.77. The van der Waals surface area contributed by atoms with Gasteiger partial charge in [-0.1, -0.05) is 11.3 Å². The Bertz CT molecular complexity index is 961. The zero-order chi connectivity index (χ0) is 18.0. The Kier molecular flexibility index (Phi) is 5.43. The van der Waals surface area contributed by atoms with Crippen molar-refractivity contribution in [3.8, 4) is 5.75 Å². The van der Waals surface area contributed by atoms with Crippen molar-refractivity contribution in [3.05, 3.63) is 55.7 Å². The minimum atomic E-state index is -0.242. The molecular weight excluding hydrogens is 451 g/mol. The molecule has 0 aliphatic rings. The summed E-state index contributed by atoms with van der Waals surface area (Å²) >= 11 is 3.39. The van der Waals surface area contributed by atoms with Gasteiger partial charge in [-0.3, -0.25) is 14.2 Å². The van der Waals surface area contributed by atoms with E-state index in [4.69, 9.17) is 4.74 Å². The molecule has 0 saturated heterocycles. The number of amides is 1. The van der Waals surface area contributed by atoms with Crippen LogP contribution in [0.15, 0.2) is 47.3 Å². The maximum absolute atomic E-state index is 12.1. The number of fused-ring (bicyclic) bond motifs is 1. The molecule has 3 aromatic rings. The van der Waals surface area contributed by atoms with Crippen LogP contribution in [0.1, 0.15) is 19.9 Å². The van der Waals surface area contributed by atoms with Gasteiger partial charge in [-0.05, 0) is 78.9 Å². The topological polar surface area (TPSA) is 60.3 Å². The Hall–Kier alpha value is -1.87. The van der Waals surface area contributed by atoms with Crippen molar-refractivity contribution in [2.24, 2.45) is 0 Å². The fourth-order valence-corrected chi connectivity index (χ4v) is 3.89. The molecule has 1 amide bonds. The number of benzene rings is 2. The predicted molar refractivity (Wildman–Crippen MR) is 110 cm³/mol. The Morgan fingerprint density at radius 1 is 1.24 bits per heavy atom. The van der Waals surface area contributed by atoms with Crippen LogP contribution in [0.5, 0.6) is 5.75 Å². The number of halogens is 1. The lowest BCUT2D eigenvalue weighted by atomic mass is 10.2. The van der Waals surface area contributed by atoms with Crippen LogP contribution in [-0.2, 0) is 4.79 Å². The van der Waals surface area contributed by atoms with Gasteiger partial charge in [0, 0.05) is 15.3 Å². The number of rotatable bonds is 5. The molecule has 0 spiro atoms. The van der Waals surface area contributed by atoms with E-state index in [0.29, 0.717) is 11.4 Å². The third kappa shape index (κ3) is 4.21. The van der Waals surface area contributed by atoms with Crippen molar-refractivity contribution >= 4 is 55.7 Å². The van der Waals surface area contributed by atoms with Crippen LogP contribution >= 0.6 is 33.9 Å². The van der Waals surface area contributed by atoms with Crippen LogP contribution in [0.4, 0.5) is 5.69 Å². The Balaban J connectivity index is 1.69. The minimum absolute atomic E-state index is 0.00974. The molecule has 0 aliphatic heterocycles. The minimum Gasteiger partial charge on any atom is -0.484 e. The van der Waals surface area contributed by atoms with Crippen LogP contribution in [-0.4, -0.2) is 17.1 Å². The second kappa shape index (κ2) is 7.57. The van der Waals surface area contributed by atoms with E-state index < -0.39 is 0 Å². The third-order valence-corrected chi connectivity index (χ3v) is 5.23. The molecule has 2 aromatic carbocycles. The molecule has 1 heterocycles. The molecule has 5 nitrogen and oxygen atoms in total. The van der Waals surface area contributed by atoms with E-state index in [0.717, 1.165) is 13.8 Å². The molecule has 0 aliphatic carbocycles. The molecule has 130 valence electrons. The van der Waals surface area contributed by atoms with Crippen molar-refractivity contribution in [1.82, 2.24) is 4.57 Å². The summed E-state index contributed by atoms with van der Waals surface area (Å²) in [6.07, 6.45) is 0. The normalized spacial score (nSPS) is 11.0. The van der Waals surface area contributed by atoms with Crippen molar-refractivity contribution in [3.63, 3.8) is 0 Å². The van der Waals surface area contributed by atoms with Crippen molar-refractivity contribution in [2.75, 3.05) is 11.9 Å².